The van der Waals surface area contributed by atoms with E-state index >= 15 is 0 Å². The summed E-state index contributed by atoms with van der Waals surface area (Å²) in [5, 5.41) is 14.3. The summed E-state index contributed by atoms with van der Waals surface area (Å²) in [5.41, 5.74) is 4.91. The van der Waals surface area contributed by atoms with Gasteiger partial charge >= 0.3 is 12.1 Å². The highest BCUT2D eigenvalue weighted by molar-refractivity contribution is 6.33. The summed E-state index contributed by atoms with van der Waals surface area (Å²) in [7, 11) is 0. The van der Waals surface area contributed by atoms with Crippen LogP contribution in [0.1, 0.15) is 40.7 Å². The van der Waals surface area contributed by atoms with Crippen molar-refractivity contribution in [3.8, 4) is 11.1 Å². The Balaban J connectivity index is 1.42. The Morgan fingerprint density at radius 3 is 2.24 bits per heavy atom. The number of aliphatic carboxylic acids is 1. The molecule has 0 saturated heterocycles. The van der Waals surface area contributed by atoms with E-state index in [0.29, 0.717) is 0 Å². The van der Waals surface area contributed by atoms with Gasteiger partial charge in [0.2, 0.25) is 0 Å². The first-order valence-corrected chi connectivity index (χ1v) is 11.2. The van der Waals surface area contributed by atoms with Crippen molar-refractivity contribution in [3.05, 3.63) is 88.4 Å². The normalized spacial score (nSPS) is 12.9. The van der Waals surface area contributed by atoms with Gasteiger partial charge in [-0.25, -0.2) is 4.79 Å². The van der Waals surface area contributed by atoms with Crippen LogP contribution in [-0.2, 0) is 9.53 Å². The van der Waals surface area contributed by atoms with Crippen LogP contribution in [0.25, 0.3) is 11.1 Å². The molecule has 1 aliphatic carbocycles. The number of rotatable bonds is 7. The molecule has 0 saturated carbocycles. The Labute approximate surface area is 201 Å². The molecule has 2 amide bonds. The molecule has 0 aromatic heterocycles. The molecule has 3 aromatic carbocycles. The van der Waals surface area contributed by atoms with E-state index in [1.807, 2.05) is 36.4 Å². The van der Waals surface area contributed by atoms with Crippen LogP contribution in [0.15, 0.2) is 66.7 Å². The van der Waals surface area contributed by atoms with Crippen molar-refractivity contribution in [3.63, 3.8) is 0 Å². The number of hydrogen-bond donors (Lipinski definition) is 3. The van der Waals surface area contributed by atoms with E-state index in [9.17, 15) is 14.4 Å². The highest BCUT2D eigenvalue weighted by Crippen LogP contribution is 2.44. The zero-order valence-electron chi connectivity index (χ0n) is 18.4. The monoisotopic (exact) mass is 478 g/mol. The van der Waals surface area contributed by atoms with Crippen molar-refractivity contribution in [2.24, 2.45) is 0 Å². The minimum Gasteiger partial charge on any atom is -0.481 e. The Hall–Kier alpha value is -3.84. The van der Waals surface area contributed by atoms with Crippen LogP contribution < -0.4 is 10.6 Å². The SMILES string of the molecule is C[C@H](CC(=O)O)NC(=O)c1ccc(Cl)c(NC(=O)OCC2c3ccccc3-c3ccccc32)c1. The number of carbonyl (C=O) groups is 3. The predicted octanol–water partition coefficient (Wildman–Crippen LogP) is 5.29. The minimum absolute atomic E-state index is 0.0820. The summed E-state index contributed by atoms with van der Waals surface area (Å²) >= 11 is 6.20. The van der Waals surface area contributed by atoms with E-state index in [1.54, 1.807) is 6.92 Å². The fourth-order valence-electron chi connectivity index (χ4n) is 4.13. The lowest BCUT2D eigenvalue weighted by atomic mass is 9.98. The molecule has 0 unspecified atom stereocenters. The molecule has 0 heterocycles. The van der Waals surface area contributed by atoms with Crippen LogP contribution in [0.5, 0.6) is 0 Å². The largest absolute Gasteiger partial charge is 0.481 e. The maximum atomic E-state index is 12.6. The van der Waals surface area contributed by atoms with Crippen LogP contribution in [0.3, 0.4) is 0 Å². The summed E-state index contributed by atoms with van der Waals surface area (Å²) in [6.45, 7) is 1.74. The Morgan fingerprint density at radius 2 is 1.62 bits per heavy atom. The summed E-state index contributed by atoms with van der Waals surface area (Å²) in [5.74, 6) is -1.57. The lowest BCUT2D eigenvalue weighted by Gasteiger charge is -2.16. The number of fused-ring (bicyclic) bond motifs is 3. The average Bonchev–Trinajstić information content (AvgIpc) is 3.12. The number of amides is 2. The molecule has 0 bridgehead atoms. The Morgan fingerprint density at radius 1 is 1.00 bits per heavy atom. The number of anilines is 1. The summed E-state index contributed by atoms with van der Waals surface area (Å²) in [6, 6.07) is 19.9. The third kappa shape index (κ3) is 5.05. The first kappa shape index (κ1) is 23.3. The van der Waals surface area contributed by atoms with Gasteiger partial charge in [-0.15, -0.1) is 0 Å². The summed E-state index contributed by atoms with van der Waals surface area (Å²) in [6.07, 6.45) is -0.898. The third-order valence-corrected chi connectivity index (χ3v) is 6.00. The van der Waals surface area contributed by atoms with Crippen LogP contribution in [0.4, 0.5) is 10.5 Å². The van der Waals surface area contributed by atoms with E-state index in [-0.39, 0.29) is 35.2 Å². The number of carbonyl (C=O) groups excluding carboxylic acids is 2. The van der Waals surface area contributed by atoms with Gasteiger partial charge in [0.25, 0.3) is 5.91 Å². The number of benzene rings is 3. The maximum Gasteiger partial charge on any atom is 0.411 e. The highest BCUT2D eigenvalue weighted by Gasteiger charge is 2.29. The Kier molecular flexibility index (Phi) is 6.84. The number of hydrogen-bond acceptors (Lipinski definition) is 4. The highest BCUT2D eigenvalue weighted by atomic mass is 35.5. The van der Waals surface area contributed by atoms with Crippen LogP contribution >= 0.6 is 11.6 Å². The first-order chi connectivity index (χ1) is 16.3. The van der Waals surface area contributed by atoms with Crippen molar-refractivity contribution < 1.29 is 24.2 Å². The smallest absolute Gasteiger partial charge is 0.411 e. The molecule has 3 N–H and O–H groups in total. The van der Waals surface area contributed by atoms with E-state index in [1.165, 1.54) is 18.2 Å². The zero-order valence-corrected chi connectivity index (χ0v) is 19.1. The maximum absolute atomic E-state index is 12.6. The fourth-order valence-corrected chi connectivity index (χ4v) is 4.29. The van der Waals surface area contributed by atoms with Crippen LogP contribution in [-0.4, -0.2) is 35.7 Å². The van der Waals surface area contributed by atoms with Gasteiger partial charge in [0.15, 0.2) is 0 Å². The second kappa shape index (κ2) is 9.97. The van der Waals surface area contributed by atoms with Crippen molar-refractivity contribution in [2.45, 2.75) is 25.3 Å². The second-order valence-electron chi connectivity index (χ2n) is 8.12. The van der Waals surface area contributed by atoms with E-state index in [4.69, 9.17) is 21.4 Å². The topological polar surface area (TPSA) is 105 Å². The number of ether oxygens (including phenoxy) is 1. The zero-order chi connectivity index (χ0) is 24.2. The van der Waals surface area contributed by atoms with Crippen molar-refractivity contribution in [1.82, 2.24) is 5.32 Å². The molecule has 7 nitrogen and oxygen atoms in total. The molecule has 4 rings (SSSR count). The predicted molar refractivity (Wildman–Crippen MR) is 129 cm³/mol. The lowest BCUT2D eigenvalue weighted by molar-refractivity contribution is -0.137. The number of halogens is 1. The third-order valence-electron chi connectivity index (χ3n) is 5.67. The first-order valence-electron chi connectivity index (χ1n) is 10.8. The molecule has 0 radical (unpaired) electrons. The quantitative estimate of drug-likeness (QED) is 0.427. The Bertz CT molecular complexity index is 1210. The van der Waals surface area contributed by atoms with Crippen molar-refractivity contribution in [2.75, 3.05) is 11.9 Å². The lowest BCUT2D eigenvalue weighted by Crippen LogP contribution is -2.34. The molecular formula is C26H23ClN2O5. The number of carboxylic acids is 1. The van der Waals surface area contributed by atoms with Crippen molar-refractivity contribution >= 4 is 35.3 Å². The van der Waals surface area contributed by atoms with Gasteiger partial charge in [-0.3, -0.25) is 14.9 Å². The molecule has 8 heteroatoms. The van der Waals surface area contributed by atoms with E-state index < -0.39 is 24.0 Å². The minimum atomic E-state index is -1.01. The molecular weight excluding hydrogens is 456 g/mol. The molecule has 1 aliphatic rings. The molecule has 34 heavy (non-hydrogen) atoms. The molecule has 174 valence electrons. The van der Waals surface area contributed by atoms with Crippen LogP contribution in [0, 0.1) is 0 Å². The molecule has 1 atom stereocenters. The molecule has 0 fully saturated rings. The average molecular weight is 479 g/mol. The number of nitrogens with one attached hydrogen (secondary N) is 2. The van der Waals surface area contributed by atoms with Gasteiger partial charge in [0, 0.05) is 17.5 Å². The number of carboxylic acid groups (broad SMARTS) is 1. The van der Waals surface area contributed by atoms with Crippen molar-refractivity contribution in [1.29, 1.82) is 0 Å². The molecule has 0 spiro atoms. The second-order valence-corrected chi connectivity index (χ2v) is 8.52. The van der Waals surface area contributed by atoms with Crippen LogP contribution in [0.2, 0.25) is 5.02 Å². The standard InChI is InChI=1S/C26H23ClN2O5/c1-15(12-24(30)31)28-25(32)16-10-11-22(27)23(13-16)29-26(33)34-14-21-19-8-4-2-6-17(19)18-7-3-5-9-20(18)21/h2-11,13,15,21H,12,14H2,1H3,(H,28,32)(H,29,33)(H,30,31)/t15-/m1/s1. The fraction of sp³-hybridized carbons (Fsp3) is 0.192. The van der Waals surface area contributed by atoms with Gasteiger partial charge in [-0.2, -0.15) is 0 Å². The summed E-state index contributed by atoms with van der Waals surface area (Å²) < 4.78 is 5.53. The van der Waals surface area contributed by atoms with E-state index in [0.717, 1.165) is 22.3 Å². The van der Waals surface area contributed by atoms with Gasteiger partial charge in [-0.05, 0) is 47.4 Å². The molecule has 0 aliphatic heterocycles. The van der Waals surface area contributed by atoms with Gasteiger partial charge < -0.3 is 15.2 Å². The summed E-state index contributed by atoms with van der Waals surface area (Å²) in [4.78, 5) is 35.8. The molecule has 3 aromatic rings. The van der Waals surface area contributed by atoms with Gasteiger partial charge in [0.05, 0.1) is 17.1 Å². The van der Waals surface area contributed by atoms with E-state index in [2.05, 4.69) is 22.8 Å². The van der Waals surface area contributed by atoms with Gasteiger partial charge in [-0.1, -0.05) is 60.1 Å². The van der Waals surface area contributed by atoms with Gasteiger partial charge in [0.1, 0.15) is 6.61 Å².